The zero-order valence-electron chi connectivity index (χ0n) is 17.3. The first-order chi connectivity index (χ1) is 14.5. The number of likely N-dealkylation sites (tertiary alicyclic amines) is 1. The lowest BCUT2D eigenvalue weighted by Crippen LogP contribution is -2.28. The number of halogens is 3. The minimum absolute atomic E-state index is 0. The minimum Gasteiger partial charge on any atom is -0.440 e. The molecule has 0 radical (unpaired) electrons. The highest BCUT2D eigenvalue weighted by Crippen LogP contribution is 2.59. The van der Waals surface area contributed by atoms with Crippen LogP contribution in [0.4, 0.5) is 4.39 Å². The Morgan fingerprint density at radius 3 is 2.94 bits per heavy atom. The van der Waals surface area contributed by atoms with Crippen LogP contribution in [0.2, 0.25) is 5.02 Å². The molecule has 10 heteroatoms. The van der Waals surface area contributed by atoms with Gasteiger partial charge in [-0.2, -0.15) is 0 Å². The van der Waals surface area contributed by atoms with Crippen LogP contribution < -0.4 is 0 Å². The summed E-state index contributed by atoms with van der Waals surface area (Å²) in [6.07, 6.45) is 3.55. The third-order valence-corrected chi connectivity index (χ3v) is 7.66. The van der Waals surface area contributed by atoms with E-state index in [2.05, 4.69) is 20.1 Å². The number of oxazole rings is 1. The Labute approximate surface area is 196 Å². The zero-order valence-corrected chi connectivity index (χ0v) is 19.7. The number of benzene rings is 1. The van der Waals surface area contributed by atoms with E-state index < -0.39 is 0 Å². The molecule has 0 bridgehead atoms. The van der Waals surface area contributed by atoms with Crippen LogP contribution in [0.1, 0.15) is 24.1 Å². The standard InChI is InChI=1S/C21H23ClFN5OS.ClH/c1-13-18(29-12-24-13)19-25-26-20(27(19)2)30-7-3-6-28-10-14-9-21(14,11-28)16-5-4-15(22)8-17(16)23;/h4-5,8,12,14H,3,6-7,9-11H2,1-2H3;1H. The van der Waals surface area contributed by atoms with Crippen molar-refractivity contribution < 1.29 is 8.81 Å². The van der Waals surface area contributed by atoms with E-state index in [9.17, 15) is 4.39 Å². The highest BCUT2D eigenvalue weighted by atomic mass is 35.5. The highest BCUT2D eigenvalue weighted by molar-refractivity contribution is 7.99. The van der Waals surface area contributed by atoms with Crippen molar-refractivity contribution in [1.82, 2.24) is 24.6 Å². The second-order valence-corrected chi connectivity index (χ2v) is 9.75. The number of thioether (sulfide) groups is 1. The first-order valence-electron chi connectivity index (χ1n) is 10.1. The maximum atomic E-state index is 14.4. The van der Waals surface area contributed by atoms with Crippen molar-refractivity contribution in [2.24, 2.45) is 13.0 Å². The molecule has 166 valence electrons. The van der Waals surface area contributed by atoms with Crippen molar-refractivity contribution in [3.63, 3.8) is 0 Å². The smallest absolute Gasteiger partial charge is 0.202 e. The molecule has 1 saturated carbocycles. The molecule has 3 aromatic rings. The van der Waals surface area contributed by atoms with Gasteiger partial charge in [-0.25, -0.2) is 9.37 Å². The number of piperidine rings is 1. The first-order valence-corrected chi connectivity index (χ1v) is 11.4. The van der Waals surface area contributed by atoms with Crippen molar-refractivity contribution in [3.8, 4) is 11.6 Å². The Morgan fingerprint density at radius 1 is 1.35 bits per heavy atom. The number of hydrogen-bond acceptors (Lipinski definition) is 6. The predicted molar refractivity (Wildman–Crippen MR) is 121 cm³/mol. The zero-order chi connectivity index (χ0) is 20.9. The average molecular weight is 484 g/mol. The van der Waals surface area contributed by atoms with Crippen LogP contribution in [0, 0.1) is 18.7 Å². The van der Waals surface area contributed by atoms with Crippen LogP contribution in [0.5, 0.6) is 0 Å². The Morgan fingerprint density at radius 2 is 2.19 bits per heavy atom. The van der Waals surface area contributed by atoms with E-state index in [0.29, 0.717) is 22.5 Å². The molecular formula is C21H24Cl2FN5OS. The molecule has 1 saturated heterocycles. The van der Waals surface area contributed by atoms with Gasteiger partial charge in [-0.1, -0.05) is 29.4 Å². The van der Waals surface area contributed by atoms with E-state index in [0.717, 1.165) is 54.6 Å². The summed E-state index contributed by atoms with van der Waals surface area (Å²) in [7, 11) is 1.94. The molecule has 31 heavy (non-hydrogen) atoms. The van der Waals surface area contributed by atoms with Gasteiger partial charge in [0, 0.05) is 36.3 Å². The van der Waals surface area contributed by atoms with Crippen LogP contribution in [-0.2, 0) is 12.5 Å². The second-order valence-electron chi connectivity index (χ2n) is 8.25. The molecule has 5 rings (SSSR count). The van der Waals surface area contributed by atoms with Gasteiger partial charge in [-0.3, -0.25) is 0 Å². The van der Waals surface area contributed by atoms with Crippen molar-refractivity contribution in [2.45, 2.75) is 30.3 Å². The van der Waals surface area contributed by atoms with Gasteiger partial charge < -0.3 is 13.9 Å². The topological polar surface area (TPSA) is 60.0 Å². The van der Waals surface area contributed by atoms with Crippen molar-refractivity contribution in [3.05, 3.63) is 46.7 Å². The van der Waals surface area contributed by atoms with Gasteiger partial charge in [-0.15, -0.1) is 22.6 Å². The van der Waals surface area contributed by atoms with E-state index in [1.165, 1.54) is 12.5 Å². The largest absolute Gasteiger partial charge is 0.440 e. The molecule has 1 aromatic carbocycles. The molecule has 0 spiro atoms. The summed E-state index contributed by atoms with van der Waals surface area (Å²) in [6, 6.07) is 5.12. The average Bonchev–Trinajstić information content (AvgIpc) is 3.02. The van der Waals surface area contributed by atoms with Crippen molar-refractivity contribution >= 4 is 35.8 Å². The third kappa shape index (κ3) is 4.11. The number of aromatic nitrogens is 4. The molecule has 2 fully saturated rings. The quantitative estimate of drug-likeness (QED) is 0.357. The van der Waals surface area contributed by atoms with Gasteiger partial charge in [0.15, 0.2) is 17.3 Å². The first kappa shape index (κ1) is 22.6. The fraction of sp³-hybridized carbons (Fsp3) is 0.476. The van der Waals surface area contributed by atoms with Gasteiger partial charge in [0.1, 0.15) is 5.82 Å². The van der Waals surface area contributed by atoms with E-state index in [4.69, 9.17) is 16.0 Å². The molecule has 2 aromatic heterocycles. The fourth-order valence-corrected chi connectivity index (χ4v) is 5.67. The van der Waals surface area contributed by atoms with E-state index in [1.807, 2.05) is 24.6 Å². The van der Waals surface area contributed by atoms with Gasteiger partial charge in [0.25, 0.3) is 0 Å². The van der Waals surface area contributed by atoms with Crippen LogP contribution in [0.25, 0.3) is 11.6 Å². The fourth-order valence-electron chi connectivity index (χ4n) is 4.67. The lowest BCUT2D eigenvalue weighted by Gasteiger charge is -2.21. The summed E-state index contributed by atoms with van der Waals surface area (Å²) in [4.78, 5) is 6.58. The van der Waals surface area contributed by atoms with Crippen LogP contribution in [0.15, 0.2) is 34.2 Å². The number of nitrogens with zero attached hydrogens (tertiary/aromatic N) is 5. The van der Waals surface area contributed by atoms with Crippen LogP contribution in [0.3, 0.4) is 0 Å². The number of fused-ring (bicyclic) bond motifs is 1. The van der Waals surface area contributed by atoms with Crippen LogP contribution in [-0.4, -0.2) is 50.0 Å². The Hall–Kier alpha value is -1.61. The SMILES string of the molecule is Cc1ncoc1-c1nnc(SCCCN2CC3CC3(c3ccc(Cl)cc3F)C2)n1C.Cl. The number of hydrogen-bond donors (Lipinski definition) is 0. The molecule has 6 nitrogen and oxygen atoms in total. The summed E-state index contributed by atoms with van der Waals surface area (Å²) >= 11 is 7.62. The summed E-state index contributed by atoms with van der Waals surface area (Å²) in [5, 5.41) is 9.87. The maximum absolute atomic E-state index is 14.4. The van der Waals surface area contributed by atoms with Crippen molar-refractivity contribution in [1.29, 1.82) is 0 Å². The molecule has 0 N–H and O–H groups in total. The van der Waals surface area contributed by atoms with Gasteiger partial charge in [0.05, 0.1) is 5.69 Å². The lowest BCUT2D eigenvalue weighted by atomic mass is 9.94. The van der Waals surface area contributed by atoms with Gasteiger partial charge in [-0.05, 0) is 49.9 Å². The van der Waals surface area contributed by atoms with Gasteiger partial charge >= 0.3 is 0 Å². The van der Waals surface area contributed by atoms with Crippen LogP contribution >= 0.6 is 35.8 Å². The van der Waals surface area contributed by atoms with E-state index >= 15 is 0 Å². The summed E-state index contributed by atoms with van der Waals surface area (Å²) in [5.41, 5.74) is 1.64. The third-order valence-electron chi connectivity index (χ3n) is 6.32. The maximum Gasteiger partial charge on any atom is 0.202 e. The molecule has 0 amide bonds. The summed E-state index contributed by atoms with van der Waals surface area (Å²) < 4.78 is 21.8. The predicted octanol–water partition coefficient (Wildman–Crippen LogP) is 4.75. The van der Waals surface area contributed by atoms with Gasteiger partial charge in [0.2, 0.25) is 5.82 Å². The molecule has 3 heterocycles. The van der Waals surface area contributed by atoms with Crippen molar-refractivity contribution in [2.75, 3.05) is 25.4 Å². The second kappa shape index (κ2) is 8.73. The summed E-state index contributed by atoms with van der Waals surface area (Å²) in [5.74, 6) is 2.70. The molecular weight excluding hydrogens is 460 g/mol. The number of rotatable bonds is 7. The monoisotopic (exact) mass is 483 g/mol. The summed E-state index contributed by atoms with van der Waals surface area (Å²) in [6.45, 7) is 4.88. The Kier molecular flexibility index (Phi) is 6.36. The van der Waals surface area contributed by atoms with E-state index in [-0.39, 0.29) is 23.6 Å². The lowest BCUT2D eigenvalue weighted by molar-refractivity contribution is 0.298. The molecule has 2 aliphatic rings. The molecule has 2 unspecified atom stereocenters. The Bertz CT molecular complexity index is 1090. The molecule has 2 atom stereocenters. The molecule has 1 aliphatic carbocycles. The van der Waals surface area contributed by atoms with E-state index in [1.54, 1.807) is 17.8 Å². The minimum atomic E-state index is -0.164. The highest BCUT2D eigenvalue weighted by Gasteiger charge is 2.61. The molecule has 1 aliphatic heterocycles. The Balaban J connectivity index is 0.00000231. The normalized spacial score (nSPS) is 22.4. The number of aryl methyl sites for hydroxylation is 1.